The van der Waals surface area contributed by atoms with Crippen LogP contribution in [-0.2, 0) is 0 Å². The molecule has 1 aliphatic carbocycles. The minimum Gasteiger partial charge on any atom is -0.315 e. The van der Waals surface area contributed by atoms with Crippen molar-refractivity contribution in [1.29, 1.82) is 0 Å². The van der Waals surface area contributed by atoms with E-state index in [0.717, 1.165) is 12.0 Å². The third kappa shape index (κ3) is 3.93. The highest BCUT2D eigenvalue weighted by molar-refractivity contribution is 4.84. The van der Waals surface area contributed by atoms with Crippen molar-refractivity contribution in [2.45, 2.75) is 51.0 Å². The van der Waals surface area contributed by atoms with Gasteiger partial charge < -0.3 is 10.2 Å². The lowest BCUT2D eigenvalue weighted by atomic mass is 9.99. The molecule has 3 fully saturated rings. The maximum atomic E-state index is 3.50. The Morgan fingerprint density at radius 1 is 0.842 bits per heavy atom. The highest BCUT2D eigenvalue weighted by atomic mass is 15.3. The molecule has 3 rings (SSSR count). The summed E-state index contributed by atoms with van der Waals surface area (Å²) < 4.78 is 0. The summed E-state index contributed by atoms with van der Waals surface area (Å²) in [5.74, 6) is 1.00. The second kappa shape index (κ2) is 7.05. The van der Waals surface area contributed by atoms with Crippen molar-refractivity contribution in [2.75, 3.05) is 45.8 Å². The van der Waals surface area contributed by atoms with Gasteiger partial charge in [0, 0.05) is 45.3 Å². The Kier molecular flexibility index (Phi) is 5.14. The lowest BCUT2D eigenvalue weighted by Gasteiger charge is -2.39. The molecule has 3 heteroatoms. The fourth-order valence-corrected chi connectivity index (χ4v) is 4.17. The zero-order valence-electron chi connectivity index (χ0n) is 12.4. The monoisotopic (exact) mass is 265 g/mol. The summed E-state index contributed by atoms with van der Waals surface area (Å²) in [4.78, 5) is 5.47. The standard InChI is InChI=1S/C16H31N3/c1-2-4-6-15(5-3-1)14-18-9-11-19(12-10-18)16-7-8-17-13-16/h15-17H,1-14H2. The molecule has 0 aromatic rings. The number of hydrogen-bond acceptors (Lipinski definition) is 3. The van der Waals surface area contributed by atoms with Crippen LogP contribution in [0.25, 0.3) is 0 Å². The van der Waals surface area contributed by atoms with Crippen LogP contribution < -0.4 is 5.32 Å². The first-order chi connectivity index (χ1) is 9.42. The van der Waals surface area contributed by atoms with E-state index in [-0.39, 0.29) is 0 Å². The summed E-state index contributed by atoms with van der Waals surface area (Å²) in [6.07, 6.45) is 10.3. The molecule has 0 spiro atoms. The van der Waals surface area contributed by atoms with E-state index in [1.807, 2.05) is 0 Å². The van der Waals surface area contributed by atoms with Crippen molar-refractivity contribution in [3.8, 4) is 0 Å². The van der Waals surface area contributed by atoms with Gasteiger partial charge in [-0.05, 0) is 31.7 Å². The van der Waals surface area contributed by atoms with Crippen LogP contribution in [0.4, 0.5) is 0 Å². The number of piperazine rings is 1. The molecule has 1 unspecified atom stereocenters. The predicted molar refractivity (Wildman–Crippen MR) is 80.5 cm³/mol. The van der Waals surface area contributed by atoms with E-state index in [4.69, 9.17) is 0 Å². The Labute approximate surface area is 118 Å². The zero-order chi connectivity index (χ0) is 12.9. The molecule has 0 radical (unpaired) electrons. The molecule has 3 nitrogen and oxygen atoms in total. The van der Waals surface area contributed by atoms with E-state index < -0.39 is 0 Å². The van der Waals surface area contributed by atoms with Gasteiger partial charge >= 0.3 is 0 Å². The highest BCUT2D eigenvalue weighted by Gasteiger charge is 2.26. The Bertz CT molecular complexity index is 247. The van der Waals surface area contributed by atoms with Gasteiger partial charge in [0.2, 0.25) is 0 Å². The minimum atomic E-state index is 0.833. The van der Waals surface area contributed by atoms with Crippen LogP contribution in [0.1, 0.15) is 44.9 Å². The van der Waals surface area contributed by atoms with Gasteiger partial charge in [-0.1, -0.05) is 25.7 Å². The topological polar surface area (TPSA) is 18.5 Å². The second-order valence-electron chi connectivity index (χ2n) is 6.84. The van der Waals surface area contributed by atoms with E-state index >= 15 is 0 Å². The Morgan fingerprint density at radius 2 is 1.58 bits per heavy atom. The molecule has 1 saturated carbocycles. The van der Waals surface area contributed by atoms with Gasteiger partial charge in [-0.25, -0.2) is 0 Å². The van der Waals surface area contributed by atoms with Crippen LogP contribution in [0.15, 0.2) is 0 Å². The quantitative estimate of drug-likeness (QED) is 0.787. The minimum absolute atomic E-state index is 0.833. The van der Waals surface area contributed by atoms with Crippen molar-refractivity contribution in [1.82, 2.24) is 15.1 Å². The number of hydrogen-bond donors (Lipinski definition) is 1. The molecular weight excluding hydrogens is 234 g/mol. The van der Waals surface area contributed by atoms with E-state index in [1.54, 1.807) is 0 Å². The summed E-state index contributed by atoms with van der Waals surface area (Å²) in [5, 5.41) is 3.50. The lowest BCUT2D eigenvalue weighted by Crippen LogP contribution is -2.51. The third-order valence-electron chi connectivity index (χ3n) is 5.45. The van der Waals surface area contributed by atoms with E-state index in [9.17, 15) is 0 Å². The van der Waals surface area contributed by atoms with Gasteiger partial charge in [-0.2, -0.15) is 0 Å². The van der Waals surface area contributed by atoms with Gasteiger partial charge in [0.1, 0.15) is 0 Å². The number of nitrogens with zero attached hydrogens (tertiary/aromatic N) is 2. The van der Waals surface area contributed by atoms with E-state index in [0.29, 0.717) is 0 Å². The molecule has 0 aromatic carbocycles. The molecule has 0 amide bonds. The fraction of sp³-hybridized carbons (Fsp3) is 1.00. The molecule has 110 valence electrons. The van der Waals surface area contributed by atoms with Gasteiger partial charge in [0.15, 0.2) is 0 Å². The summed E-state index contributed by atoms with van der Waals surface area (Å²) in [5.41, 5.74) is 0. The zero-order valence-corrected chi connectivity index (χ0v) is 12.4. The first-order valence-electron chi connectivity index (χ1n) is 8.59. The molecule has 2 aliphatic heterocycles. The van der Waals surface area contributed by atoms with Crippen LogP contribution in [-0.4, -0.2) is 61.7 Å². The van der Waals surface area contributed by atoms with Crippen molar-refractivity contribution in [3.05, 3.63) is 0 Å². The first-order valence-corrected chi connectivity index (χ1v) is 8.59. The van der Waals surface area contributed by atoms with Gasteiger partial charge in [-0.3, -0.25) is 4.90 Å². The van der Waals surface area contributed by atoms with Crippen molar-refractivity contribution >= 4 is 0 Å². The van der Waals surface area contributed by atoms with Crippen molar-refractivity contribution in [2.24, 2.45) is 5.92 Å². The molecule has 2 saturated heterocycles. The molecule has 2 heterocycles. The maximum Gasteiger partial charge on any atom is 0.0233 e. The Balaban J connectivity index is 1.39. The second-order valence-corrected chi connectivity index (χ2v) is 6.84. The average Bonchev–Trinajstić information content (AvgIpc) is 2.86. The molecule has 0 bridgehead atoms. The van der Waals surface area contributed by atoms with E-state index in [1.165, 1.54) is 90.8 Å². The largest absolute Gasteiger partial charge is 0.315 e. The van der Waals surface area contributed by atoms with Crippen LogP contribution in [0.2, 0.25) is 0 Å². The fourth-order valence-electron chi connectivity index (χ4n) is 4.17. The molecule has 0 aromatic heterocycles. The van der Waals surface area contributed by atoms with Gasteiger partial charge in [-0.15, -0.1) is 0 Å². The number of rotatable bonds is 3. The molecular formula is C16H31N3. The van der Waals surface area contributed by atoms with Crippen LogP contribution in [0.3, 0.4) is 0 Å². The maximum absolute atomic E-state index is 3.50. The van der Waals surface area contributed by atoms with Crippen LogP contribution in [0, 0.1) is 5.92 Å². The smallest absolute Gasteiger partial charge is 0.0233 e. The third-order valence-corrected chi connectivity index (χ3v) is 5.45. The first kappa shape index (κ1) is 13.8. The summed E-state index contributed by atoms with van der Waals surface area (Å²) in [6, 6.07) is 0.833. The Morgan fingerprint density at radius 3 is 2.21 bits per heavy atom. The van der Waals surface area contributed by atoms with Crippen molar-refractivity contribution < 1.29 is 0 Å². The van der Waals surface area contributed by atoms with Crippen molar-refractivity contribution in [3.63, 3.8) is 0 Å². The molecule has 3 aliphatic rings. The normalized spacial score (nSPS) is 32.5. The lowest BCUT2D eigenvalue weighted by molar-refractivity contribution is 0.0895. The summed E-state index contributed by atoms with van der Waals surface area (Å²) in [6.45, 7) is 9.07. The molecule has 1 N–H and O–H groups in total. The molecule has 19 heavy (non-hydrogen) atoms. The summed E-state index contributed by atoms with van der Waals surface area (Å²) in [7, 11) is 0. The summed E-state index contributed by atoms with van der Waals surface area (Å²) >= 11 is 0. The van der Waals surface area contributed by atoms with Gasteiger partial charge in [0.25, 0.3) is 0 Å². The Hall–Kier alpha value is -0.120. The SMILES string of the molecule is C1CCCC(CN2CCN(C3CCNC3)CC2)CC1. The average molecular weight is 265 g/mol. The van der Waals surface area contributed by atoms with E-state index in [2.05, 4.69) is 15.1 Å². The van der Waals surface area contributed by atoms with Crippen LogP contribution in [0.5, 0.6) is 0 Å². The number of nitrogens with one attached hydrogen (secondary N) is 1. The molecule has 1 atom stereocenters. The predicted octanol–water partition coefficient (Wildman–Crippen LogP) is 1.94. The highest BCUT2D eigenvalue weighted by Crippen LogP contribution is 2.24. The van der Waals surface area contributed by atoms with Gasteiger partial charge in [0.05, 0.1) is 0 Å². The van der Waals surface area contributed by atoms with Crippen LogP contribution >= 0.6 is 0 Å².